The van der Waals surface area contributed by atoms with Crippen molar-refractivity contribution in [2.75, 3.05) is 25.5 Å². The molecule has 0 unspecified atom stereocenters. The summed E-state index contributed by atoms with van der Waals surface area (Å²) >= 11 is 1.76. The summed E-state index contributed by atoms with van der Waals surface area (Å²) in [6, 6.07) is 0. The molecule has 0 aliphatic carbocycles. The highest BCUT2D eigenvalue weighted by atomic mass is 32.1. The number of nitrogens with one attached hydrogen (secondary N) is 1. The quantitative estimate of drug-likeness (QED) is 0.756. The summed E-state index contributed by atoms with van der Waals surface area (Å²) in [5.41, 5.74) is -0.817. The van der Waals surface area contributed by atoms with Crippen LogP contribution < -0.4 is 5.32 Å². The Kier molecular flexibility index (Phi) is 10.6. The summed E-state index contributed by atoms with van der Waals surface area (Å²) in [6.45, 7) is 6.57. The molecule has 0 aromatic carbocycles. The summed E-state index contributed by atoms with van der Waals surface area (Å²) in [6.07, 6.45) is 4.06. The zero-order chi connectivity index (χ0) is 21.0. The Morgan fingerprint density at radius 1 is 1.14 bits per heavy atom. The van der Waals surface area contributed by atoms with E-state index in [1.165, 1.54) is 51.1 Å². The van der Waals surface area contributed by atoms with Crippen LogP contribution in [0.1, 0.15) is 42.5 Å². The summed E-state index contributed by atoms with van der Waals surface area (Å²) in [7, 11) is 1.92. The first-order chi connectivity index (χ1) is 13.3. The molecule has 0 atom stereocenters. The number of likely N-dealkylation sites (tertiary alicyclic amines) is 1. The molecule has 0 radical (unpaired) electrons. The molecule has 2 aromatic rings. The van der Waals surface area contributed by atoms with Gasteiger partial charge in [0.15, 0.2) is 5.13 Å². The number of aldehydes is 1. The highest BCUT2D eigenvalue weighted by Crippen LogP contribution is 2.27. The molecule has 6 nitrogen and oxygen atoms in total. The van der Waals surface area contributed by atoms with E-state index < -0.39 is 11.7 Å². The predicted octanol–water partition coefficient (Wildman–Crippen LogP) is 4.18. The van der Waals surface area contributed by atoms with Gasteiger partial charge in [0, 0.05) is 37.1 Å². The number of anilines is 1. The van der Waals surface area contributed by atoms with Crippen molar-refractivity contribution >= 4 is 22.8 Å². The van der Waals surface area contributed by atoms with Crippen LogP contribution in [0.4, 0.5) is 18.3 Å². The number of piperidine rings is 1. The molecule has 0 saturated carbocycles. The van der Waals surface area contributed by atoms with Gasteiger partial charge < -0.3 is 10.1 Å². The Labute approximate surface area is 167 Å². The largest absolute Gasteiger partial charge is 0.419 e. The number of hydrogen-bond acceptors (Lipinski definition) is 7. The van der Waals surface area contributed by atoms with Crippen LogP contribution in [0, 0.1) is 6.92 Å². The van der Waals surface area contributed by atoms with Gasteiger partial charge in [-0.05, 0) is 39.8 Å². The molecule has 1 aliphatic rings. The van der Waals surface area contributed by atoms with Crippen LogP contribution in [-0.2, 0) is 17.5 Å². The number of nitrogens with zero attached hydrogens (tertiary/aromatic N) is 4. The second kappa shape index (κ2) is 12.4. The van der Waals surface area contributed by atoms with E-state index in [2.05, 4.69) is 25.2 Å². The van der Waals surface area contributed by atoms with Crippen LogP contribution in [-0.4, -0.2) is 46.3 Å². The van der Waals surface area contributed by atoms with Crippen molar-refractivity contribution in [1.29, 1.82) is 0 Å². The number of hydrogen-bond donors (Lipinski definition) is 1. The molecule has 1 saturated heterocycles. The van der Waals surface area contributed by atoms with Crippen molar-refractivity contribution in [2.45, 2.75) is 45.8 Å². The smallest absolute Gasteiger partial charge is 0.365 e. The fourth-order valence-electron chi connectivity index (χ4n) is 2.37. The molecule has 1 aliphatic heterocycles. The number of thiazole rings is 1. The van der Waals surface area contributed by atoms with E-state index in [1.54, 1.807) is 11.3 Å². The molecule has 0 amide bonds. The maximum absolute atomic E-state index is 11.8. The van der Waals surface area contributed by atoms with E-state index in [1.807, 2.05) is 13.2 Å². The third kappa shape index (κ3) is 9.23. The number of aryl methyl sites for hydroxylation is 1. The number of alkyl halides is 3. The van der Waals surface area contributed by atoms with Gasteiger partial charge in [0.1, 0.15) is 12.1 Å². The normalized spacial score (nSPS) is 14.2. The van der Waals surface area contributed by atoms with Gasteiger partial charge in [-0.15, -0.1) is 11.3 Å². The number of rotatable bonds is 3. The Balaban J connectivity index is 0.000000252. The number of carbonyl (C=O) groups is 1. The first-order valence-electron chi connectivity index (χ1n) is 8.90. The molecule has 1 fully saturated rings. The predicted molar refractivity (Wildman–Crippen MR) is 104 cm³/mol. The molecule has 3 heterocycles. The molecule has 0 spiro atoms. The van der Waals surface area contributed by atoms with Crippen LogP contribution in [0.2, 0.25) is 0 Å². The van der Waals surface area contributed by atoms with E-state index in [0.717, 1.165) is 30.4 Å². The maximum atomic E-state index is 11.8. The summed E-state index contributed by atoms with van der Waals surface area (Å²) < 4.78 is 35.5. The molecule has 3 rings (SSSR count). The molecule has 0 bridgehead atoms. The number of carbonyl (C=O) groups excluding carboxylic acids is 1. The standard InChI is InChI=1S/C10H17N3S.C6H5F3N2.C2H4O/c1-11-10-12-7-9(14-10)8-13-5-3-2-4-6-13;1-4-10-2-5(3-11-4)6(7,8)9;1-2-3/h7H,2-6,8H2,1H3,(H,11,12);2-3H,1H3;2H,1H3. The van der Waals surface area contributed by atoms with Gasteiger partial charge in [-0.1, -0.05) is 6.42 Å². The van der Waals surface area contributed by atoms with Crippen LogP contribution >= 0.6 is 11.3 Å². The molecule has 1 N–H and O–H groups in total. The minimum atomic E-state index is -4.34. The average Bonchev–Trinajstić information content (AvgIpc) is 3.11. The van der Waals surface area contributed by atoms with Crippen LogP contribution in [0.25, 0.3) is 0 Å². The second-order valence-electron chi connectivity index (χ2n) is 5.97. The van der Waals surface area contributed by atoms with E-state index in [-0.39, 0.29) is 0 Å². The lowest BCUT2D eigenvalue weighted by molar-refractivity contribution is -0.138. The Morgan fingerprint density at radius 2 is 1.71 bits per heavy atom. The Hall–Kier alpha value is -2.07. The average molecular weight is 418 g/mol. The number of halogens is 3. The molecular formula is C18H26F3N5OS. The number of aromatic nitrogens is 3. The monoisotopic (exact) mass is 417 g/mol. The van der Waals surface area contributed by atoms with Gasteiger partial charge in [0.05, 0.1) is 5.56 Å². The van der Waals surface area contributed by atoms with Crippen molar-refractivity contribution < 1.29 is 18.0 Å². The van der Waals surface area contributed by atoms with Gasteiger partial charge in [0.25, 0.3) is 0 Å². The first kappa shape index (κ1) is 24.0. The lowest BCUT2D eigenvalue weighted by atomic mass is 10.1. The van der Waals surface area contributed by atoms with Crippen LogP contribution in [0.5, 0.6) is 0 Å². The lowest BCUT2D eigenvalue weighted by Gasteiger charge is -2.25. The zero-order valence-corrected chi connectivity index (χ0v) is 17.1. The molecule has 10 heteroatoms. The van der Waals surface area contributed by atoms with Gasteiger partial charge in [0.2, 0.25) is 0 Å². The highest BCUT2D eigenvalue weighted by molar-refractivity contribution is 7.15. The summed E-state index contributed by atoms with van der Waals surface area (Å²) in [5, 5.41) is 4.10. The maximum Gasteiger partial charge on any atom is 0.419 e. The SMILES string of the molecule is CC=O.CNc1ncc(CN2CCCCC2)s1.Cc1ncc(C(F)(F)F)cn1. The van der Waals surface area contributed by atoms with Gasteiger partial charge >= 0.3 is 6.18 Å². The van der Waals surface area contributed by atoms with Gasteiger partial charge in [-0.3, -0.25) is 4.90 Å². The third-order valence-corrected chi connectivity index (χ3v) is 4.70. The van der Waals surface area contributed by atoms with Crippen LogP contribution in [0.15, 0.2) is 18.6 Å². The lowest BCUT2D eigenvalue weighted by Crippen LogP contribution is -2.28. The van der Waals surface area contributed by atoms with Crippen molar-refractivity contribution in [1.82, 2.24) is 19.9 Å². The molecule has 28 heavy (non-hydrogen) atoms. The molecule has 2 aromatic heterocycles. The fraction of sp³-hybridized carbons (Fsp3) is 0.556. The minimum Gasteiger partial charge on any atom is -0.365 e. The van der Waals surface area contributed by atoms with Crippen molar-refractivity contribution in [3.8, 4) is 0 Å². The Morgan fingerprint density at radius 3 is 2.18 bits per heavy atom. The highest BCUT2D eigenvalue weighted by Gasteiger charge is 2.31. The minimum absolute atomic E-state index is 0.331. The van der Waals surface area contributed by atoms with E-state index >= 15 is 0 Å². The van der Waals surface area contributed by atoms with Crippen molar-refractivity contribution in [3.63, 3.8) is 0 Å². The second-order valence-corrected chi connectivity index (χ2v) is 7.09. The van der Waals surface area contributed by atoms with E-state index in [0.29, 0.717) is 5.82 Å². The van der Waals surface area contributed by atoms with E-state index in [4.69, 9.17) is 4.79 Å². The van der Waals surface area contributed by atoms with Gasteiger partial charge in [-0.2, -0.15) is 13.2 Å². The third-order valence-electron chi connectivity index (χ3n) is 3.70. The Bertz CT molecular complexity index is 685. The fourth-order valence-corrected chi connectivity index (χ4v) is 3.18. The summed E-state index contributed by atoms with van der Waals surface area (Å²) in [4.78, 5) is 23.8. The van der Waals surface area contributed by atoms with Crippen molar-refractivity contribution in [3.05, 3.63) is 34.9 Å². The topological polar surface area (TPSA) is 71.0 Å². The van der Waals surface area contributed by atoms with Crippen molar-refractivity contribution in [2.24, 2.45) is 0 Å². The first-order valence-corrected chi connectivity index (χ1v) is 9.72. The van der Waals surface area contributed by atoms with E-state index in [9.17, 15) is 13.2 Å². The molecule has 156 valence electrons. The van der Waals surface area contributed by atoms with Crippen LogP contribution in [0.3, 0.4) is 0 Å². The van der Waals surface area contributed by atoms with Gasteiger partial charge in [-0.25, -0.2) is 15.0 Å². The summed E-state index contributed by atoms with van der Waals surface area (Å²) in [5.74, 6) is 0.331. The zero-order valence-electron chi connectivity index (χ0n) is 16.3. The molecular weight excluding hydrogens is 391 g/mol.